The number of aliphatic imine (C=N–C) groups is 1. The van der Waals surface area contributed by atoms with Crippen molar-refractivity contribution in [3.63, 3.8) is 0 Å². The Bertz CT molecular complexity index is 926. The van der Waals surface area contributed by atoms with Crippen LogP contribution in [-0.2, 0) is 16.0 Å². The number of carboxylic acid groups (broad SMARTS) is 2. The summed E-state index contributed by atoms with van der Waals surface area (Å²) in [4.78, 5) is 22.9. The molecule has 7 heteroatoms. The van der Waals surface area contributed by atoms with Crippen LogP contribution in [0.15, 0.2) is 58.0 Å². The Balaban J connectivity index is 0.000000469. The minimum absolute atomic E-state index is 0.786. The second-order valence-corrected chi connectivity index (χ2v) is 7.37. The number of aliphatic carboxylic acids is 2. The van der Waals surface area contributed by atoms with E-state index in [1.807, 2.05) is 18.2 Å². The van der Waals surface area contributed by atoms with E-state index >= 15 is 0 Å². The standard InChI is InChI=1S/C21H22BrNO.C2H2O4/c1-2-3-13-24-18-9-10-19-17(15-18)11-12-23-21(19)20(22)14-16-7-5-4-6-8-16;3-1(4)2(5)6/h4-10,14-15H,2-3,11-13H2,1H3;(H,3,4)(H,5,6)/b20-14-;. The number of rotatable bonds is 6. The van der Waals surface area contributed by atoms with E-state index < -0.39 is 11.9 Å². The molecule has 0 unspecified atom stereocenters. The summed E-state index contributed by atoms with van der Waals surface area (Å²) in [5.41, 5.74) is 4.70. The molecule has 1 heterocycles. The lowest BCUT2D eigenvalue weighted by Gasteiger charge is -2.18. The molecule has 0 atom stereocenters. The molecular weight excluding hydrogens is 450 g/mol. The molecule has 0 aromatic heterocycles. The first-order valence-corrected chi connectivity index (χ1v) is 10.4. The highest BCUT2D eigenvalue weighted by Gasteiger charge is 2.17. The van der Waals surface area contributed by atoms with Gasteiger partial charge in [-0.05, 0) is 64.2 Å². The lowest BCUT2D eigenvalue weighted by atomic mass is 9.96. The second kappa shape index (κ2) is 11.9. The summed E-state index contributed by atoms with van der Waals surface area (Å²) in [5, 5.41) is 14.8. The summed E-state index contributed by atoms with van der Waals surface area (Å²) in [6, 6.07) is 16.7. The number of unbranched alkanes of at least 4 members (excludes halogenated alkanes) is 1. The van der Waals surface area contributed by atoms with Gasteiger partial charge in [-0.25, -0.2) is 9.59 Å². The maximum Gasteiger partial charge on any atom is 0.414 e. The number of fused-ring (bicyclic) bond motifs is 1. The largest absolute Gasteiger partial charge is 0.494 e. The first kappa shape index (κ1) is 23.3. The second-order valence-electron chi connectivity index (χ2n) is 6.51. The van der Waals surface area contributed by atoms with Gasteiger partial charge in [0.2, 0.25) is 0 Å². The highest BCUT2D eigenvalue weighted by Crippen LogP contribution is 2.27. The van der Waals surface area contributed by atoms with Crippen LogP contribution in [0.1, 0.15) is 36.5 Å². The molecule has 158 valence electrons. The zero-order valence-electron chi connectivity index (χ0n) is 16.7. The van der Waals surface area contributed by atoms with Crippen molar-refractivity contribution >= 4 is 39.7 Å². The van der Waals surface area contributed by atoms with Gasteiger partial charge in [-0.3, -0.25) is 4.99 Å². The monoisotopic (exact) mass is 473 g/mol. The molecule has 0 spiro atoms. The van der Waals surface area contributed by atoms with E-state index in [-0.39, 0.29) is 0 Å². The number of allylic oxidation sites excluding steroid dienone is 1. The van der Waals surface area contributed by atoms with Gasteiger partial charge in [-0.15, -0.1) is 0 Å². The molecule has 0 aliphatic carbocycles. The minimum atomic E-state index is -1.82. The summed E-state index contributed by atoms with van der Waals surface area (Å²) in [7, 11) is 0. The van der Waals surface area contributed by atoms with Gasteiger partial charge in [-0.2, -0.15) is 0 Å². The van der Waals surface area contributed by atoms with Crippen molar-refractivity contribution < 1.29 is 24.5 Å². The highest BCUT2D eigenvalue weighted by molar-refractivity contribution is 9.12. The molecule has 1 aliphatic rings. The van der Waals surface area contributed by atoms with Crippen LogP contribution in [-0.4, -0.2) is 41.0 Å². The normalized spacial score (nSPS) is 12.7. The van der Waals surface area contributed by atoms with Crippen molar-refractivity contribution in [2.24, 2.45) is 4.99 Å². The van der Waals surface area contributed by atoms with E-state index in [9.17, 15) is 0 Å². The third kappa shape index (κ3) is 7.15. The molecule has 0 saturated heterocycles. The lowest BCUT2D eigenvalue weighted by molar-refractivity contribution is -0.159. The number of ether oxygens (including phenoxy) is 1. The Morgan fingerprint density at radius 2 is 1.83 bits per heavy atom. The average Bonchev–Trinajstić information content (AvgIpc) is 2.74. The zero-order valence-corrected chi connectivity index (χ0v) is 18.3. The molecular formula is C23H24BrNO5. The molecule has 0 fully saturated rings. The summed E-state index contributed by atoms with van der Waals surface area (Å²) < 4.78 is 6.86. The highest BCUT2D eigenvalue weighted by atomic mass is 79.9. The molecule has 6 nitrogen and oxygen atoms in total. The van der Waals surface area contributed by atoms with Crippen LogP contribution >= 0.6 is 15.9 Å². The molecule has 2 aromatic carbocycles. The third-order valence-electron chi connectivity index (χ3n) is 4.25. The number of carbonyl (C=O) groups is 2. The fraction of sp³-hybridized carbons (Fsp3) is 0.261. The maximum atomic E-state index is 9.10. The van der Waals surface area contributed by atoms with Gasteiger partial charge in [0, 0.05) is 16.6 Å². The molecule has 0 radical (unpaired) electrons. The SMILES string of the molecule is CCCCOc1ccc2c(c1)CCN=C2/C(Br)=C/c1ccccc1.O=C(O)C(=O)O. The van der Waals surface area contributed by atoms with Crippen LogP contribution in [0.25, 0.3) is 6.08 Å². The number of nitrogens with zero attached hydrogens (tertiary/aromatic N) is 1. The van der Waals surface area contributed by atoms with Crippen molar-refractivity contribution in [2.45, 2.75) is 26.2 Å². The van der Waals surface area contributed by atoms with Crippen LogP contribution in [0.4, 0.5) is 0 Å². The van der Waals surface area contributed by atoms with Gasteiger partial charge in [0.25, 0.3) is 0 Å². The first-order chi connectivity index (χ1) is 14.4. The van der Waals surface area contributed by atoms with Crippen molar-refractivity contribution in [3.05, 3.63) is 69.7 Å². The smallest absolute Gasteiger partial charge is 0.414 e. The van der Waals surface area contributed by atoms with E-state index in [4.69, 9.17) is 29.5 Å². The van der Waals surface area contributed by atoms with Crippen LogP contribution < -0.4 is 4.74 Å². The topological polar surface area (TPSA) is 96.2 Å². The van der Waals surface area contributed by atoms with Crippen molar-refractivity contribution in [3.8, 4) is 5.75 Å². The summed E-state index contributed by atoms with van der Waals surface area (Å²) in [6.45, 7) is 3.78. The molecule has 2 aromatic rings. The summed E-state index contributed by atoms with van der Waals surface area (Å²) in [5.74, 6) is -2.68. The number of carboxylic acids is 2. The molecule has 1 aliphatic heterocycles. The van der Waals surface area contributed by atoms with Gasteiger partial charge < -0.3 is 14.9 Å². The molecule has 0 bridgehead atoms. The molecule has 2 N–H and O–H groups in total. The van der Waals surface area contributed by atoms with Crippen molar-refractivity contribution in [1.82, 2.24) is 0 Å². The first-order valence-electron chi connectivity index (χ1n) is 9.61. The quantitative estimate of drug-likeness (QED) is 0.463. The Kier molecular flexibility index (Phi) is 9.28. The van der Waals surface area contributed by atoms with Gasteiger partial charge in [0.1, 0.15) is 5.75 Å². The predicted molar refractivity (Wildman–Crippen MR) is 121 cm³/mol. The third-order valence-corrected chi connectivity index (χ3v) is 4.86. The van der Waals surface area contributed by atoms with Crippen molar-refractivity contribution in [2.75, 3.05) is 13.2 Å². The van der Waals surface area contributed by atoms with Crippen LogP contribution in [0.5, 0.6) is 5.75 Å². The molecule has 3 rings (SSSR count). The number of benzene rings is 2. The van der Waals surface area contributed by atoms with Crippen molar-refractivity contribution in [1.29, 1.82) is 0 Å². The summed E-state index contributed by atoms with van der Waals surface area (Å²) >= 11 is 3.71. The summed E-state index contributed by atoms with van der Waals surface area (Å²) in [6.07, 6.45) is 5.34. The van der Waals surface area contributed by atoms with E-state index in [1.165, 1.54) is 16.7 Å². The Hall–Kier alpha value is -2.93. The Labute approximate surface area is 184 Å². The fourth-order valence-electron chi connectivity index (χ4n) is 2.77. The fourth-order valence-corrected chi connectivity index (χ4v) is 3.38. The molecule has 0 amide bonds. The van der Waals surface area contributed by atoms with Gasteiger partial charge in [-0.1, -0.05) is 43.7 Å². The van der Waals surface area contributed by atoms with E-state index in [1.54, 1.807) is 0 Å². The van der Waals surface area contributed by atoms with Gasteiger partial charge in [0.15, 0.2) is 0 Å². The van der Waals surface area contributed by atoms with Crippen LogP contribution in [0.2, 0.25) is 0 Å². The molecule has 0 saturated carbocycles. The molecule has 30 heavy (non-hydrogen) atoms. The number of hydrogen-bond acceptors (Lipinski definition) is 4. The average molecular weight is 474 g/mol. The Morgan fingerprint density at radius 3 is 2.47 bits per heavy atom. The van der Waals surface area contributed by atoms with E-state index in [0.717, 1.165) is 48.4 Å². The van der Waals surface area contributed by atoms with E-state index in [2.05, 4.69) is 59.3 Å². The predicted octanol–water partition coefficient (Wildman–Crippen LogP) is 4.80. The number of hydrogen-bond donors (Lipinski definition) is 2. The Morgan fingerprint density at radius 1 is 1.13 bits per heavy atom. The minimum Gasteiger partial charge on any atom is -0.494 e. The van der Waals surface area contributed by atoms with Gasteiger partial charge >= 0.3 is 11.9 Å². The number of halogens is 1. The van der Waals surface area contributed by atoms with Crippen LogP contribution in [0.3, 0.4) is 0 Å². The zero-order chi connectivity index (χ0) is 21.9. The lowest BCUT2D eigenvalue weighted by Crippen LogP contribution is -2.13. The van der Waals surface area contributed by atoms with Gasteiger partial charge in [0.05, 0.1) is 12.3 Å². The van der Waals surface area contributed by atoms with Crippen LogP contribution in [0, 0.1) is 0 Å². The maximum absolute atomic E-state index is 9.10. The van der Waals surface area contributed by atoms with E-state index in [0.29, 0.717) is 0 Å².